The summed E-state index contributed by atoms with van der Waals surface area (Å²) in [5.74, 6) is 0.462. The SMILES string of the molecule is CCNc1ccc(C(=O)NCc2nncn2C)nc1. The summed E-state index contributed by atoms with van der Waals surface area (Å²) in [5.41, 5.74) is 1.27. The van der Waals surface area contributed by atoms with Gasteiger partial charge in [-0.05, 0) is 19.1 Å². The highest BCUT2D eigenvalue weighted by Gasteiger charge is 2.08. The maximum atomic E-state index is 11.9. The van der Waals surface area contributed by atoms with E-state index in [0.717, 1.165) is 12.2 Å². The third-order valence-corrected chi connectivity index (χ3v) is 2.59. The number of nitrogens with one attached hydrogen (secondary N) is 2. The zero-order valence-electron chi connectivity index (χ0n) is 10.9. The van der Waals surface area contributed by atoms with E-state index in [-0.39, 0.29) is 5.91 Å². The number of anilines is 1. The molecule has 1 amide bonds. The van der Waals surface area contributed by atoms with Gasteiger partial charge in [-0.25, -0.2) is 4.98 Å². The molecule has 2 heterocycles. The summed E-state index contributed by atoms with van der Waals surface area (Å²) in [5, 5.41) is 13.5. The van der Waals surface area contributed by atoms with Crippen molar-refractivity contribution in [2.24, 2.45) is 7.05 Å². The Bertz CT molecular complexity index is 548. The third-order valence-electron chi connectivity index (χ3n) is 2.59. The van der Waals surface area contributed by atoms with Crippen molar-refractivity contribution in [2.75, 3.05) is 11.9 Å². The van der Waals surface area contributed by atoms with Gasteiger partial charge in [-0.1, -0.05) is 0 Å². The van der Waals surface area contributed by atoms with Crippen molar-refractivity contribution in [1.29, 1.82) is 0 Å². The first-order valence-corrected chi connectivity index (χ1v) is 6.01. The molecule has 2 aromatic rings. The van der Waals surface area contributed by atoms with Crippen LogP contribution in [-0.2, 0) is 13.6 Å². The van der Waals surface area contributed by atoms with Gasteiger partial charge in [-0.3, -0.25) is 4.79 Å². The summed E-state index contributed by atoms with van der Waals surface area (Å²) in [4.78, 5) is 16.0. The van der Waals surface area contributed by atoms with E-state index >= 15 is 0 Å². The fourth-order valence-electron chi connectivity index (χ4n) is 1.55. The molecule has 0 aromatic carbocycles. The molecule has 0 aliphatic rings. The summed E-state index contributed by atoms with van der Waals surface area (Å²) in [6, 6.07) is 3.51. The Morgan fingerprint density at radius 1 is 1.42 bits per heavy atom. The minimum absolute atomic E-state index is 0.231. The molecular weight excluding hydrogens is 244 g/mol. The van der Waals surface area contributed by atoms with Crippen LogP contribution in [0.1, 0.15) is 23.2 Å². The van der Waals surface area contributed by atoms with Gasteiger partial charge in [0.05, 0.1) is 18.4 Å². The van der Waals surface area contributed by atoms with Gasteiger partial charge in [0, 0.05) is 13.6 Å². The average molecular weight is 260 g/mol. The van der Waals surface area contributed by atoms with E-state index in [1.54, 1.807) is 23.2 Å². The predicted octanol–water partition coefficient (Wildman–Crippen LogP) is 0.572. The molecule has 2 aromatic heterocycles. The normalized spacial score (nSPS) is 10.2. The van der Waals surface area contributed by atoms with Crippen molar-refractivity contribution in [1.82, 2.24) is 25.1 Å². The molecule has 7 heteroatoms. The lowest BCUT2D eigenvalue weighted by molar-refractivity contribution is 0.0944. The van der Waals surface area contributed by atoms with Gasteiger partial charge >= 0.3 is 0 Å². The molecule has 0 aliphatic heterocycles. The highest BCUT2D eigenvalue weighted by molar-refractivity contribution is 5.92. The van der Waals surface area contributed by atoms with Gasteiger partial charge in [-0.2, -0.15) is 0 Å². The highest BCUT2D eigenvalue weighted by atomic mass is 16.1. The molecule has 0 fully saturated rings. The number of amides is 1. The quantitative estimate of drug-likeness (QED) is 0.821. The summed E-state index contributed by atoms with van der Waals surface area (Å²) < 4.78 is 1.75. The Labute approximate surface area is 111 Å². The summed E-state index contributed by atoms with van der Waals surface area (Å²) >= 11 is 0. The molecule has 0 radical (unpaired) electrons. The molecule has 2 N–H and O–H groups in total. The smallest absolute Gasteiger partial charge is 0.270 e. The van der Waals surface area contributed by atoms with E-state index in [0.29, 0.717) is 18.1 Å². The molecule has 0 spiro atoms. The largest absolute Gasteiger partial charge is 0.384 e. The van der Waals surface area contributed by atoms with Gasteiger partial charge in [0.25, 0.3) is 5.91 Å². The molecule has 0 atom stereocenters. The number of pyridine rings is 1. The van der Waals surface area contributed by atoms with Crippen LogP contribution in [0.5, 0.6) is 0 Å². The maximum absolute atomic E-state index is 11.9. The van der Waals surface area contributed by atoms with Gasteiger partial charge in [0.1, 0.15) is 12.0 Å². The monoisotopic (exact) mass is 260 g/mol. The average Bonchev–Trinajstić information content (AvgIpc) is 2.83. The minimum Gasteiger partial charge on any atom is -0.384 e. The second-order valence-corrected chi connectivity index (χ2v) is 4.00. The Balaban J connectivity index is 1.94. The lowest BCUT2D eigenvalue weighted by atomic mass is 10.3. The van der Waals surface area contributed by atoms with E-state index in [4.69, 9.17) is 0 Å². The second-order valence-electron chi connectivity index (χ2n) is 4.00. The maximum Gasteiger partial charge on any atom is 0.270 e. The van der Waals surface area contributed by atoms with Crippen LogP contribution in [0, 0.1) is 0 Å². The minimum atomic E-state index is -0.231. The third kappa shape index (κ3) is 3.27. The van der Waals surface area contributed by atoms with Crippen molar-refractivity contribution in [3.8, 4) is 0 Å². The van der Waals surface area contributed by atoms with Crippen molar-refractivity contribution in [2.45, 2.75) is 13.5 Å². The lowest BCUT2D eigenvalue weighted by Gasteiger charge is -2.05. The van der Waals surface area contributed by atoms with Crippen LogP contribution >= 0.6 is 0 Å². The van der Waals surface area contributed by atoms with Crippen LogP contribution in [-0.4, -0.2) is 32.2 Å². The topological polar surface area (TPSA) is 84.7 Å². The van der Waals surface area contributed by atoms with E-state index in [1.807, 2.05) is 20.0 Å². The molecule has 0 saturated carbocycles. The van der Waals surface area contributed by atoms with Crippen LogP contribution in [0.25, 0.3) is 0 Å². The number of hydrogen-bond acceptors (Lipinski definition) is 5. The predicted molar refractivity (Wildman–Crippen MR) is 70.6 cm³/mol. The van der Waals surface area contributed by atoms with Crippen LogP contribution < -0.4 is 10.6 Å². The van der Waals surface area contributed by atoms with Crippen molar-refractivity contribution in [3.63, 3.8) is 0 Å². The number of carbonyl (C=O) groups excluding carboxylic acids is 1. The molecule has 19 heavy (non-hydrogen) atoms. The Morgan fingerprint density at radius 3 is 2.84 bits per heavy atom. The molecule has 100 valence electrons. The van der Waals surface area contributed by atoms with Crippen molar-refractivity contribution >= 4 is 11.6 Å². The zero-order valence-corrected chi connectivity index (χ0v) is 10.9. The van der Waals surface area contributed by atoms with Crippen molar-refractivity contribution in [3.05, 3.63) is 36.2 Å². The van der Waals surface area contributed by atoms with E-state index in [2.05, 4.69) is 25.8 Å². The Morgan fingerprint density at radius 2 is 2.26 bits per heavy atom. The van der Waals surface area contributed by atoms with E-state index < -0.39 is 0 Å². The van der Waals surface area contributed by atoms with Crippen LogP contribution in [0.4, 0.5) is 5.69 Å². The number of nitrogens with zero attached hydrogens (tertiary/aromatic N) is 4. The van der Waals surface area contributed by atoms with Crippen LogP contribution in [0.15, 0.2) is 24.7 Å². The number of aromatic nitrogens is 4. The standard InChI is InChI=1S/C12H16N6O/c1-3-13-9-4-5-10(14-6-9)12(19)15-7-11-17-16-8-18(11)2/h4-6,8,13H,3,7H2,1-2H3,(H,15,19). The van der Waals surface area contributed by atoms with Gasteiger partial charge in [0.2, 0.25) is 0 Å². The summed E-state index contributed by atoms with van der Waals surface area (Å²) in [6.45, 7) is 3.15. The van der Waals surface area contributed by atoms with Crippen LogP contribution in [0.3, 0.4) is 0 Å². The summed E-state index contributed by atoms with van der Waals surface area (Å²) in [7, 11) is 1.82. The van der Waals surface area contributed by atoms with Gasteiger partial charge in [-0.15, -0.1) is 10.2 Å². The zero-order chi connectivity index (χ0) is 13.7. The van der Waals surface area contributed by atoms with Gasteiger partial charge in [0.15, 0.2) is 5.82 Å². The first-order chi connectivity index (χ1) is 9.20. The first-order valence-electron chi connectivity index (χ1n) is 6.01. The second kappa shape index (κ2) is 5.94. The number of carbonyl (C=O) groups is 1. The highest BCUT2D eigenvalue weighted by Crippen LogP contribution is 2.05. The van der Waals surface area contributed by atoms with Gasteiger partial charge < -0.3 is 15.2 Å². The molecule has 7 nitrogen and oxygen atoms in total. The van der Waals surface area contributed by atoms with Crippen molar-refractivity contribution < 1.29 is 4.79 Å². The molecule has 0 unspecified atom stereocenters. The summed E-state index contributed by atoms with van der Waals surface area (Å²) in [6.07, 6.45) is 3.23. The fraction of sp³-hybridized carbons (Fsp3) is 0.333. The van der Waals surface area contributed by atoms with E-state index in [9.17, 15) is 4.79 Å². The van der Waals surface area contributed by atoms with Crippen LogP contribution in [0.2, 0.25) is 0 Å². The lowest BCUT2D eigenvalue weighted by Crippen LogP contribution is -2.25. The molecule has 0 saturated heterocycles. The first kappa shape index (κ1) is 13.0. The Kier molecular flexibility index (Phi) is 4.07. The molecule has 0 bridgehead atoms. The number of rotatable bonds is 5. The Hall–Kier alpha value is -2.44. The van der Waals surface area contributed by atoms with E-state index in [1.165, 1.54) is 0 Å². The molecule has 0 aliphatic carbocycles. The number of hydrogen-bond donors (Lipinski definition) is 2. The molecule has 2 rings (SSSR count). The fourth-order valence-corrected chi connectivity index (χ4v) is 1.55. The molecular formula is C12H16N6O. The number of aryl methyl sites for hydroxylation is 1.